The number of aromatic nitrogens is 1. The lowest BCUT2D eigenvalue weighted by Crippen LogP contribution is -2.32. The van der Waals surface area contributed by atoms with Gasteiger partial charge in [0.2, 0.25) is 5.91 Å². The van der Waals surface area contributed by atoms with Gasteiger partial charge in [-0.1, -0.05) is 18.2 Å². The van der Waals surface area contributed by atoms with Crippen LogP contribution < -0.4 is 10.6 Å². The van der Waals surface area contributed by atoms with Crippen LogP contribution in [-0.4, -0.2) is 16.8 Å². The summed E-state index contributed by atoms with van der Waals surface area (Å²) < 4.78 is 13.7. The fourth-order valence-electron chi connectivity index (χ4n) is 3.49. The number of carbonyl (C=O) groups is 2. The molecule has 1 aliphatic heterocycles. The molecule has 3 aromatic rings. The van der Waals surface area contributed by atoms with Crippen molar-refractivity contribution in [3.05, 3.63) is 83.4 Å². The Balaban J connectivity index is 1.66. The second kappa shape index (κ2) is 7.23. The molecule has 0 saturated heterocycles. The van der Waals surface area contributed by atoms with Crippen molar-refractivity contribution >= 4 is 28.4 Å². The first-order valence-corrected chi connectivity index (χ1v) is 8.93. The van der Waals surface area contributed by atoms with Crippen molar-refractivity contribution < 1.29 is 14.0 Å². The first-order chi connectivity index (χ1) is 13.5. The van der Waals surface area contributed by atoms with E-state index in [1.54, 1.807) is 18.3 Å². The Bertz CT molecular complexity index is 1120. The lowest BCUT2D eigenvalue weighted by molar-refractivity contribution is -0.121. The summed E-state index contributed by atoms with van der Waals surface area (Å²) in [6, 6.07) is 13.4. The van der Waals surface area contributed by atoms with Crippen molar-refractivity contribution in [3.8, 4) is 0 Å². The number of halogens is 1. The van der Waals surface area contributed by atoms with Gasteiger partial charge in [-0.2, -0.15) is 0 Å². The van der Waals surface area contributed by atoms with Crippen LogP contribution in [0, 0.1) is 12.7 Å². The number of fused-ring (bicyclic) bond motifs is 1. The maximum absolute atomic E-state index is 13.7. The largest absolute Gasteiger partial charge is 0.332 e. The zero-order valence-corrected chi connectivity index (χ0v) is 15.2. The number of aryl methyl sites for hydroxylation is 1. The summed E-state index contributed by atoms with van der Waals surface area (Å²) in [5.74, 6) is -1.45. The standard InChI is InChI=1S/C22H18FN3O2/c1-13-16-6-3-9-24-20(16)8-7-19(13)26-22(28)18-12-25-21(27)11-17(18)14-4-2-5-15(23)10-14/h2-10,12,17H,11H2,1H3,(H,25,27)(H,26,28). The molecule has 0 aliphatic carbocycles. The molecule has 1 unspecified atom stereocenters. The molecule has 140 valence electrons. The molecule has 2 aromatic carbocycles. The van der Waals surface area contributed by atoms with E-state index in [2.05, 4.69) is 15.6 Å². The predicted molar refractivity (Wildman–Crippen MR) is 105 cm³/mol. The van der Waals surface area contributed by atoms with E-state index in [-0.39, 0.29) is 18.2 Å². The Hall–Kier alpha value is -3.54. The number of amides is 2. The van der Waals surface area contributed by atoms with Gasteiger partial charge < -0.3 is 10.6 Å². The van der Waals surface area contributed by atoms with Crippen molar-refractivity contribution in [2.45, 2.75) is 19.3 Å². The molecule has 2 heterocycles. The minimum Gasteiger partial charge on any atom is -0.332 e. The molecule has 2 amide bonds. The average Bonchev–Trinajstić information content (AvgIpc) is 2.70. The number of nitrogens with one attached hydrogen (secondary N) is 2. The van der Waals surface area contributed by atoms with E-state index < -0.39 is 11.7 Å². The molecule has 1 atom stereocenters. The summed E-state index contributed by atoms with van der Waals surface area (Å²) >= 11 is 0. The van der Waals surface area contributed by atoms with Crippen molar-refractivity contribution in [1.82, 2.24) is 10.3 Å². The van der Waals surface area contributed by atoms with Gasteiger partial charge in [-0.25, -0.2) is 4.39 Å². The van der Waals surface area contributed by atoms with Crippen LogP contribution in [0.3, 0.4) is 0 Å². The number of carbonyl (C=O) groups excluding carboxylic acids is 2. The fourth-order valence-corrected chi connectivity index (χ4v) is 3.49. The van der Waals surface area contributed by atoms with Gasteiger partial charge in [0.1, 0.15) is 5.82 Å². The maximum Gasteiger partial charge on any atom is 0.253 e. The fraction of sp³-hybridized carbons (Fsp3) is 0.136. The lowest BCUT2D eigenvalue weighted by Gasteiger charge is -2.24. The summed E-state index contributed by atoms with van der Waals surface area (Å²) in [5, 5.41) is 6.46. The van der Waals surface area contributed by atoms with E-state index in [1.807, 2.05) is 31.2 Å². The van der Waals surface area contributed by atoms with E-state index in [0.29, 0.717) is 16.8 Å². The summed E-state index contributed by atoms with van der Waals surface area (Å²) in [5.41, 5.74) is 3.40. The van der Waals surface area contributed by atoms with E-state index in [9.17, 15) is 14.0 Å². The molecule has 0 bridgehead atoms. The Labute approximate surface area is 161 Å². The molecule has 0 saturated carbocycles. The number of pyridine rings is 1. The Kier molecular flexibility index (Phi) is 4.61. The number of hydrogen-bond acceptors (Lipinski definition) is 3. The summed E-state index contributed by atoms with van der Waals surface area (Å²) in [7, 11) is 0. The smallest absolute Gasteiger partial charge is 0.253 e. The van der Waals surface area contributed by atoms with Gasteiger partial charge in [-0.05, 0) is 48.4 Å². The number of benzene rings is 2. The van der Waals surface area contributed by atoms with Gasteiger partial charge in [0.05, 0.1) is 5.52 Å². The molecule has 6 heteroatoms. The summed E-state index contributed by atoms with van der Waals surface area (Å²) in [6.07, 6.45) is 3.22. The van der Waals surface area contributed by atoms with E-state index in [4.69, 9.17) is 0 Å². The van der Waals surface area contributed by atoms with Crippen LogP contribution in [0.25, 0.3) is 10.9 Å². The molecule has 0 spiro atoms. The Morgan fingerprint density at radius 1 is 1.21 bits per heavy atom. The molecule has 28 heavy (non-hydrogen) atoms. The molecule has 0 fully saturated rings. The predicted octanol–water partition coefficient (Wildman–Crippen LogP) is 3.81. The lowest BCUT2D eigenvalue weighted by atomic mass is 9.86. The molecule has 0 radical (unpaired) electrons. The first-order valence-electron chi connectivity index (χ1n) is 8.93. The van der Waals surface area contributed by atoms with E-state index in [1.165, 1.54) is 18.3 Å². The highest BCUT2D eigenvalue weighted by atomic mass is 19.1. The normalized spacial score (nSPS) is 16.4. The third-order valence-electron chi connectivity index (χ3n) is 4.97. The second-order valence-corrected chi connectivity index (χ2v) is 6.74. The maximum atomic E-state index is 13.7. The van der Waals surface area contributed by atoms with Crippen molar-refractivity contribution in [3.63, 3.8) is 0 Å². The van der Waals surface area contributed by atoms with Gasteiger partial charge in [-0.3, -0.25) is 14.6 Å². The van der Waals surface area contributed by atoms with Crippen LogP contribution in [0.5, 0.6) is 0 Å². The molecule has 1 aliphatic rings. The van der Waals surface area contributed by atoms with Crippen LogP contribution >= 0.6 is 0 Å². The molecular weight excluding hydrogens is 357 g/mol. The average molecular weight is 375 g/mol. The summed E-state index contributed by atoms with van der Waals surface area (Å²) in [4.78, 5) is 29.2. The number of anilines is 1. The highest BCUT2D eigenvalue weighted by Gasteiger charge is 2.29. The Morgan fingerprint density at radius 2 is 2.07 bits per heavy atom. The first kappa shape index (κ1) is 17.9. The number of rotatable bonds is 3. The van der Waals surface area contributed by atoms with E-state index in [0.717, 1.165) is 16.5 Å². The highest BCUT2D eigenvalue weighted by molar-refractivity contribution is 6.07. The van der Waals surface area contributed by atoms with Crippen molar-refractivity contribution in [2.24, 2.45) is 0 Å². The molecule has 5 nitrogen and oxygen atoms in total. The van der Waals surface area contributed by atoms with Gasteiger partial charge >= 0.3 is 0 Å². The topological polar surface area (TPSA) is 71.1 Å². The molecule has 2 N–H and O–H groups in total. The number of hydrogen-bond donors (Lipinski definition) is 2. The minimum atomic E-state index is -0.508. The van der Waals surface area contributed by atoms with Crippen molar-refractivity contribution in [1.29, 1.82) is 0 Å². The summed E-state index contributed by atoms with van der Waals surface area (Å²) in [6.45, 7) is 1.92. The second-order valence-electron chi connectivity index (χ2n) is 6.74. The van der Waals surface area contributed by atoms with Gasteiger partial charge in [0.25, 0.3) is 5.91 Å². The Morgan fingerprint density at radius 3 is 2.89 bits per heavy atom. The van der Waals surface area contributed by atoms with Crippen LogP contribution in [0.2, 0.25) is 0 Å². The van der Waals surface area contributed by atoms with E-state index >= 15 is 0 Å². The minimum absolute atomic E-state index is 0.0866. The van der Waals surface area contributed by atoms with Crippen LogP contribution in [0.15, 0.2) is 66.5 Å². The van der Waals surface area contributed by atoms with Crippen LogP contribution in [0.4, 0.5) is 10.1 Å². The third-order valence-corrected chi connectivity index (χ3v) is 4.97. The molecule has 4 rings (SSSR count). The molecular formula is C22H18FN3O2. The number of nitrogens with zero attached hydrogens (tertiary/aromatic N) is 1. The van der Waals surface area contributed by atoms with Gasteiger partial charge in [0, 0.05) is 41.4 Å². The van der Waals surface area contributed by atoms with Gasteiger partial charge in [0.15, 0.2) is 0 Å². The van der Waals surface area contributed by atoms with Gasteiger partial charge in [-0.15, -0.1) is 0 Å². The zero-order valence-electron chi connectivity index (χ0n) is 15.2. The van der Waals surface area contributed by atoms with Crippen molar-refractivity contribution in [2.75, 3.05) is 5.32 Å². The van der Waals surface area contributed by atoms with Crippen LogP contribution in [-0.2, 0) is 9.59 Å². The SMILES string of the molecule is Cc1c(NC(=O)C2=CNC(=O)CC2c2cccc(F)c2)ccc2ncccc12. The zero-order chi connectivity index (χ0) is 19.7. The quantitative estimate of drug-likeness (QED) is 0.731. The third kappa shape index (κ3) is 3.36. The monoisotopic (exact) mass is 375 g/mol. The molecule has 1 aromatic heterocycles. The highest BCUT2D eigenvalue weighted by Crippen LogP contribution is 2.32. The van der Waals surface area contributed by atoms with Crippen LogP contribution in [0.1, 0.15) is 23.5 Å².